The molecule has 0 aromatic heterocycles. The zero-order valence-electron chi connectivity index (χ0n) is 15.6. The van der Waals surface area contributed by atoms with Crippen molar-refractivity contribution in [1.82, 2.24) is 10.6 Å². The van der Waals surface area contributed by atoms with Crippen molar-refractivity contribution in [2.45, 2.75) is 26.5 Å². The normalized spacial score (nSPS) is 11.9. The number of guanidine groups is 1. The molecule has 146 valence electrons. The van der Waals surface area contributed by atoms with Crippen LogP contribution in [-0.2, 0) is 6.54 Å². The van der Waals surface area contributed by atoms with Gasteiger partial charge >= 0.3 is 0 Å². The Morgan fingerprint density at radius 2 is 1.96 bits per heavy atom. The van der Waals surface area contributed by atoms with Gasteiger partial charge in [-0.25, -0.2) is 0 Å². The molecule has 2 rings (SSSR count). The van der Waals surface area contributed by atoms with Gasteiger partial charge in [0.1, 0.15) is 11.9 Å². The molecular formula is C19H25IN4O3. The summed E-state index contributed by atoms with van der Waals surface area (Å²) in [6, 6.07) is 14.4. The molecule has 0 amide bonds. The monoisotopic (exact) mass is 484 g/mol. The average Bonchev–Trinajstić information content (AvgIpc) is 2.62. The van der Waals surface area contributed by atoms with Crippen LogP contribution in [0.4, 0.5) is 5.69 Å². The maximum atomic E-state index is 10.8. The molecule has 27 heavy (non-hydrogen) atoms. The smallest absolute Gasteiger partial charge is 0.269 e. The Hall–Kier alpha value is -2.36. The Bertz CT molecular complexity index is 783. The van der Waals surface area contributed by atoms with E-state index in [0.29, 0.717) is 19.0 Å². The second kappa shape index (κ2) is 11.4. The molecule has 0 heterocycles. The summed E-state index contributed by atoms with van der Waals surface area (Å²) in [7, 11) is 1.68. The van der Waals surface area contributed by atoms with Crippen molar-refractivity contribution in [3.8, 4) is 5.75 Å². The van der Waals surface area contributed by atoms with Crippen molar-refractivity contribution in [2.75, 3.05) is 13.6 Å². The van der Waals surface area contributed by atoms with Crippen molar-refractivity contribution in [1.29, 1.82) is 0 Å². The van der Waals surface area contributed by atoms with Gasteiger partial charge in [0, 0.05) is 25.7 Å². The van der Waals surface area contributed by atoms with E-state index in [4.69, 9.17) is 4.74 Å². The van der Waals surface area contributed by atoms with Crippen molar-refractivity contribution >= 4 is 35.6 Å². The molecular weight excluding hydrogens is 459 g/mol. The van der Waals surface area contributed by atoms with Crippen molar-refractivity contribution in [3.63, 3.8) is 0 Å². The van der Waals surface area contributed by atoms with Crippen LogP contribution in [0.3, 0.4) is 0 Å². The number of halogens is 1. The number of nitro benzene ring substituents is 1. The zero-order valence-corrected chi connectivity index (χ0v) is 18.0. The van der Waals surface area contributed by atoms with Crippen LogP contribution >= 0.6 is 24.0 Å². The fourth-order valence-corrected chi connectivity index (χ4v) is 2.39. The standard InChI is InChI=1S/C19H24N4O3.HI/c1-14-6-4-9-18(10-14)26-15(2)12-21-19(20-3)22-13-16-7-5-8-17(11-16)23(24)25;/h4-11,15H,12-13H2,1-3H3,(H2,20,21,22);1H. The Morgan fingerprint density at radius 1 is 1.22 bits per heavy atom. The SMILES string of the molecule is CN=C(NCc1cccc([N+](=O)[O-])c1)NCC(C)Oc1cccc(C)c1.I. The minimum atomic E-state index is -0.402. The van der Waals surface area contributed by atoms with Crippen LogP contribution in [0.1, 0.15) is 18.1 Å². The molecule has 2 N–H and O–H groups in total. The van der Waals surface area contributed by atoms with Crippen LogP contribution in [0.5, 0.6) is 5.75 Å². The molecule has 1 unspecified atom stereocenters. The average molecular weight is 484 g/mol. The number of nitrogens with zero attached hydrogens (tertiary/aromatic N) is 2. The van der Waals surface area contributed by atoms with E-state index in [1.54, 1.807) is 19.2 Å². The number of ether oxygens (including phenoxy) is 1. The second-order valence-corrected chi connectivity index (χ2v) is 5.98. The van der Waals surface area contributed by atoms with Crippen molar-refractivity contribution in [2.24, 2.45) is 4.99 Å². The molecule has 0 bridgehead atoms. The highest BCUT2D eigenvalue weighted by Gasteiger charge is 2.08. The van der Waals surface area contributed by atoms with E-state index < -0.39 is 4.92 Å². The first-order valence-corrected chi connectivity index (χ1v) is 8.39. The summed E-state index contributed by atoms with van der Waals surface area (Å²) in [5.74, 6) is 1.44. The third-order valence-corrected chi connectivity index (χ3v) is 3.69. The van der Waals surface area contributed by atoms with Gasteiger partial charge < -0.3 is 15.4 Å². The van der Waals surface area contributed by atoms with Crippen LogP contribution in [0.25, 0.3) is 0 Å². The molecule has 0 saturated carbocycles. The summed E-state index contributed by atoms with van der Waals surface area (Å²) >= 11 is 0. The fourth-order valence-electron chi connectivity index (χ4n) is 2.39. The minimum Gasteiger partial charge on any atom is -0.489 e. The maximum Gasteiger partial charge on any atom is 0.269 e. The van der Waals surface area contributed by atoms with Gasteiger partial charge in [-0.05, 0) is 37.1 Å². The predicted molar refractivity (Wildman–Crippen MR) is 118 cm³/mol. The number of aryl methyl sites for hydroxylation is 1. The Morgan fingerprint density at radius 3 is 2.63 bits per heavy atom. The van der Waals surface area contributed by atoms with Gasteiger partial charge in [-0.3, -0.25) is 15.1 Å². The van der Waals surface area contributed by atoms with E-state index in [0.717, 1.165) is 16.9 Å². The quantitative estimate of drug-likeness (QED) is 0.206. The van der Waals surface area contributed by atoms with E-state index in [9.17, 15) is 10.1 Å². The van der Waals surface area contributed by atoms with Crippen LogP contribution in [-0.4, -0.2) is 30.6 Å². The summed E-state index contributed by atoms with van der Waals surface area (Å²) < 4.78 is 5.87. The minimum absolute atomic E-state index is 0. The first-order valence-electron chi connectivity index (χ1n) is 8.39. The molecule has 7 nitrogen and oxygen atoms in total. The van der Waals surface area contributed by atoms with Crippen molar-refractivity contribution < 1.29 is 9.66 Å². The fraction of sp³-hybridized carbons (Fsp3) is 0.316. The largest absolute Gasteiger partial charge is 0.489 e. The molecule has 0 aliphatic heterocycles. The van der Waals surface area contributed by atoms with E-state index >= 15 is 0 Å². The van der Waals surface area contributed by atoms with Crippen LogP contribution in [0.15, 0.2) is 53.5 Å². The van der Waals surface area contributed by atoms with E-state index in [-0.39, 0.29) is 35.8 Å². The third kappa shape index (κ3) is 7.81. The van der Waals surface area contributed by atoms with Crippen LogP contribution < -0.4 is 15.4 Å². The zero-order chi connectivity index (χ0) is 18.9. The summed E-state index contributed by atoms with van der Waals surface area (Å²) in [5.41, 5.74) is 2.04. The van der Waals surface area contributed by atoms with Crippen molar-refractivity contribution in [3.05, 3.63) is 69.8 Å². The number of nitro groups is 1. The predicted octanol–water partition coefficient (Wildman–Crippen LogP) is 3.65. The molecule has 0 fully saturated rings. The second-order valence-electron chi connectivity index (χ2n) is 5.98. The molecule has 2 aromatic carbocycles. The lowest BCUT2D eigenvalue weighted by molar-refractivity contribution is -0.384. The summed E-state index contributed by atoms with van der Waals surface area (Å²) in [4.78, 5) is 14.6. The first kappa shape index (κ1) is 22.7. The lowest BCUT2D eigenvalue weighted by Crippen LogP contribution is -2.41. The van der Waals surface area contributed by atoms with Gasteiger partial charge in [0.05, 0.1) is 11.5 Å². The maximum absolute atomic E-state index is 10.8. The third-order valence-electron chi connectivity index (χ3n) is 3.69. The number of nitrogens with one attached hydrogen (secondary N) is 2. The number of rotatable bonds is 7. The molecule has 0 saturated heterocycles. The van der Waals surface area contributed by atoms with Gasteiger partial charge in [0.2, 0.25) is 0 Å². The van der Waals surface area contributed by atoms with Gasteiger partial charge in [-0.1, -0.05) is 24.3 Å². The van der Waals surface area contributed by atoms with Gasteiger partial charge in [-0.15, -0.1) is 24.0 Å². The molecule has 0 radical (unpaired) electrons. The lowest BCUT2D eigenvalue weighted by atomic mass is 10.2. The van der Waals surface area contributed by atoms with Gasteiger partial charge in [0.15, 0.2) is 5.96 Å². The topological polar surface area (TPSA) is 88.8 Å². The highest BCUT2D eigenvalue weighted by Crippen LogP contribution is 2.14. The summed E-state index contributed by atoms with van der Waals surface area (Å²) in [6.07, 6.45) is -0.0480. The highest BCUT2D eigenvalue weighted by atomic mass is 127. The van der Waals surface area contributed by atoms with Crippen LogP contribution in [0.2, 0.25) is 0 Å². The first-order chi connectivity index (χ1) is 12.5. The highest BCUT2D eigenvalue weighted by molar-refractivity contribution is 14.0. The van der Waals surface area contributed by atoms with Gasteiger partial charge in [0.25, 0.3) is 5.69 Å². The molecule has 0 aliphatic rings. The van der Waals surface area contributed by atoms with Gasteiger partial charge in [-0.2, -0.15) is 0 Å². The van der Waals surface area contributed by atoms with E-state index in [2.05, 4.69) is 15.6 Å². The molecule has 2 aromatic rings. The Labute approximate surface area is 176 Å². The molecule has 1 atom stereocenters. The Balaban J connectivity index is 0.00000364. The number of aliphatic imine (C=N–C) groups is 1. The number of non-ortho nitro benzene ring substituents is 1. The van der Waals surface area contributed by atoms with E-state index in [1.165, 1.54) is 6.07 Å². The van der Waals surface area contributed by atoms with E-state index in [1.807, 2.05) is 44.2 Å². The molecule has 8 heteroatoms. The Kier molecular flexibility index (Phi) is 9.55. The summed E-state index contributed by atoms with van der Waals surface area (Å²) in [5, 5.41) is 17.2. The molecule has 0 spiro atoms. The summed E-state index contributed by atoms with van der Waals surface area (Å²) in [6.45, 7) is 5.01. The number of benzene rings is 2. The molecule has 0 aliphatic carbocycles. The lowest BCUT2D eigenvalue weighted by Gasteiger charge is -2.18. The number of hydrogen-bond acceptors (Lipinski definition) is 4. The van der Waals surface area contributed by atoms with Crippen LogP contribution in [0, 0.1) is 17.0 Å². The number of hydrogen-bond donors (Lipinski definition) is 2.